The van der Waals surface area contributed by atoms with Gasteiger partial charge in [-0.1, -0.05) is 17.7 Å². The van der Waals surface area contributed by atoms with Crippen molar-refractivity contribution in [2.75, 3.05) is 13.1 Å². The molecule has 1 fully saturated rings. The number of amides is 1. The number of carbonyl (C=O) groups excluding carboxylic acids is 1. The van der Waals surface area contributed by atoms with E-state index in [1.54, 1.807) is 16.8 Å². The molecule has 1 aliphatic heterocycles. The highest BCUT2D eigenvalue weighted by Crippen LogP contribution is 2.26. The second kappa shape index (κ2) is 7.00. The summed E-state index contributed by atoms with van der Waals surface area (Å²) in [4.78, 5) is 29.8. The number of carboxylic acid groups (broad SMARTS) is 1. The van der Waals surface area contributed by atoms with E-state index in [1.807, 2.05) is 23.1 Å². The predicted octanol–water partition coefficient (Wildman–Crippen LogP) is 3.37. The van der Waals surface area contributed by atoms with E-state index in [2.05, 4.69) is 10.1 Å². The van der Waals surface area contributed by atoms with Crippen LogP contribution in [0.2, 0.25) is 5.02 Å². The number of halogens is 1. The lowest BCUT2D eigenvalue weighted by Gasteiger charge is -2.26. The van der Waals surface area contributed by atoms with Gasteiger partial charge in [0.25, 0.3) is 5.91 Å². The molecule has 1 N–H and O–H groups in total. The summed E-state index contributed by atoms with van der Waals surface area (Å²) in [6.07, 6.45) is 6.23. The van der Waals surface area contributed by atoms with Crippen molar-refractivity contribution in [3.8, 4) is 11.3 Å². The van der Waals surface area contributed by atoms with E-state index in [4.69, 9.17) is 16.7 Å². The molecule has 0 aromatic carbocycles. The normalized spacial score (nSPS) is 14.5. The van der Waals surface area contributed by atoms with Gasteiger partial charge in [-0.2, -0.15) is 5.10 Å². The minimum atomic E-state index is -1.18. The molecule has 0 unspecified atom stereocenters. The lowest BCUT2D eigenvalue weighted by molar-refractivity contribution is 0.0688. The van der Waals surface area contributed by atoms with Crippen LogP contribution in [0.25, 0.3) is 16.8 Å². The Hall–Kier alpha value is -2.93. The van der Waals surface area contributed by atoms with Crippen LogP contribution in [0.5, 0.6) is 0 Å². The molecular weight excluding hydrogens is 368 g/mol. The zero-order chi connectivity index (χ0) is 19.0. The standard InChI is InChI=1S/C19H17ClN4O3/c20-14-9-12(10-21-17(14)19(26)27)15-5-4-6-16-13(11-22-24(15)16)18(25)23-7-2-1-3-8-23/h4-6,9-11H,1-3,7-8H2,(H,26,27). The molecule has 0 aliphatic carbocycles. The zero-order valence-electron chi connectivity index (χ0n) is 14.4. The summed E-state index contributed by atoms with van der Waals surface area (Å²) in [5.74, 6) is -1.20. The van der Waals surface area contributed by atoms with Gasteiger partial charge in [-0.15, -0.1) is 0 Å². The van der Waals surface area contributed by atoms with Gasteiger partial charge in [0, 0.05) is 24.8 Å². The number of carbonyl (C=O) groups is 2. The number of rotatable bonds is 3. The summed E-state index contributed by atoms with van der Waals surface area (Å²) in [6, 6.07) is 7.04. The van der Waals surface area contributed by atoms with Crippen molar-refractivity contribution >= 4 is 29.0 Å². The lowest BCUT2D eigenvalue weighted by atomic mass is 10.1. The van der Waals surface area contributed by atoms with Crippen LogP contribution in [0.3, 0.4) is 0 Å². The maximum absolute atomic E-state index is 12.9. The van der Waals surface area contributed by atoms with Crippen molar-refractivity contribution < 1.29 is 14.7 Å². The minimum Gasteiger partial charge on any atom is -0.476 e. The summed E-state index contributed by atoms with van der Waals surface area (Å²) in [5, 5.41) is 13.5. The first-order valence-electron chi connectivity index (χ1n) is 8.71. The minimum absolute atomic E-state index is 0.0146. The van der Waals surface area contributed by atoms with Gasteiger partial charge in [0.1, 0.15) is 0 Å². The van der Waals surface area contributed by atoms with Gasteiger partial charge in [-0.3, -0.25) is 4.79 Å². The number of aromatic nitrogens is 3. The van der Waals surface area contributed by atoms with Gasteiger partial charge in [0.2, 0.25) is 0 Å². The lowest BCUT2D eigenvalue weighted by Crippen LogP contribution is -2.35. The quantitative estimate of drug-likeness (QED) is 0.747. The molecule has 4 rings (SSSR count). The molecule has 0 radical (unpaired) electrons. The molecule has 0 spiro atoms. The Balaban J connectivity index is 1.76. The Morgan fingerprint density at radius 3 is 2.59 bits per heavy atom. The van der Waals surface area contributed by atoms with E-state index in [-0.39, 0.29) is 16.6 Å². The van der Waals surface area contributed by atoms with E-state index in [0.717, 1.165) is 32.4 Å². The smallest absolute Gasteiger partial charge is 0.356 e. The summed E-state index contributed by atoms with van der Waals surface area (Å²) in [6.45, 7) is 1.54. The number of pyridine rings is 2. The topological polar surface area (TPSA) is 87.8 Å². The first-order valence-corrected chi connectivity index (χ1v) is 9.09. The van der Waals surface area contributed by atoms with Crippen LogP contribution in [0, 0.1) is 0 Å². The van der Waals surface area contributed by atoms with Crippen molar-refractivity contribution in [1.29, 1.82) is 0 Å². The van der Waals surface area contributed by atoms with Crippen LogP contribution in [0.1, 0.15) is 40.1 Å². The molecule has 0 atom stereocenters. The zero-order valence-corrected chi connectivity index (χ0v) is 15.2. The summed E-state index contributed by atoms with van der Waals surface area (Å²) < 4.78 is 1.66. The van der Waals surface area contributed by atoms with Crippen molar-refractivity contribution in [2.24, 2.45) is 0 Å². The SMILES string of the molecule is O=C(O)c1ncc(-c2cccc3c(C(=O)N4CCCCC4)cnn23)cc1Cl. The van der Waals surface area contributed by atoms with Crippen LogP contribution >= 0.6 is 11.6 Å². The molecular formula is C19H17ClN4O3. The molecule has 3 aromatic rings. The highest BCUT2D eigenvalue weighted by molar-refractivity contribution is 6.33. The Morgan fingerprint density at radius 2 is 1.89 bits per heavy atom. The van der Waals surface area contributed by atoms with Gasteiger partial charge in [-0.05, 0) is 37.5 Å². The Labute approximate surface area is 160 Å². The van der Waals surface area contributed by atoms with Crippen LogP contribution in [-0.2, 0) is 0 Å². The number of fused-ring (bicyclic) bond motifs is 1. The van der Waals surface area contributed by atoms with Crippen molar-refractivity contribution in [3.05, 3.63) is 52.9 Å². The highest BCUT2D eigenvalue weighted by atomic mass is 35.5. The maximum Gasteiger partial charge on any atom is 0.356 e. The molecule has 1 amide bonds. The van der Waals surface area contributed by atoms with E-state index in [1.165, 1.54) is 6.20 Å². The van der Waals surface area contributed by atoms with Crippen LogP contribution in [0.15, 0.2) is 36.7 Å². The van der Waals surface area contributed by atoms with E-state index in [0.29, 0.717) is 22.3 Å². The number of hydrogen-bond acceptors (Lipinski definition) is 4. The summed E-state index contributed by atoms with van der Waals surface area (Å²) in [5.41, 5.74) is 2.35. The highest BCUT2D eigenvalue weighted by Gasteiger charge is 2.22. The molecule has 1 saturated heterocycles. The van der Waals surface area contributed by atoms with Crippen molar-refractivity contribution in [2.45, 2.75) is 19.3 Å². The van der Waals surface area contributed by atoms with Crippen LogP contribution in [-0.4, -0.2) is 49.6 Å². The molecule has 0 saturated carbocycles. The fourth-order valence-corrected chi connectivity index (χ4v) is 3.64. The van der Waals surface area contributed by atoms with Gasteiger partial charge in [-0.25, -0.2) is 14.3 Å². The van der Waals surface area contributed by atoms with Crippen LogP contribution < -0.4 is 0 Å². The van der Waals surface area contributed by atoms with Gasteiger partial charge in [0.15, 0.2) is 5.69 Å². The van der Waals surface area contributed by atoms with Crippen molar-refractivity contribution in [1.82, 2.24) is 19.5 Å². The molecule has 0 bridgehead atoms. The van der Waals surface area contributed by atoms with Crippen molar-refractivity contribution in [3.63, 3.8) is 0 Å². The molecule has 3 aromatic heterocycles. The van der Waals surface area contributed by atoms with Gasteiger partial charge in [0.05, 0.1) is 28.0 Å². The van der Waals surface area contributed by atoms with E-state index >= 15 is 0 Å². The van der Waals surface area contributed by atoms with E-state index in [9.17, 15) is 9.59 Å². The molecule has 7 nitrogen and oxygen atoms in total. The first kappa shape index (κ1) is 17.5. The summed E-state index contributed by atoms with van der Waals surface area (Å²) >= 11 is 6.05. The Kier molecular flexibility index (Phi) is 4.53. The number of hydrogen-bond donors (Lipinski definition) is 1. The van der Waals surface area contributed by atoms with Crippen LogP contribution in [0.4, 0.5) is 0 Å². The average Bonchev–Trinajstić information content (AvgIpc) is 3.12. The third kappa shape index (κ3) is 3.14. The van der Waals surface area contributed by atoms with Gasteiger partial charge < -0.3 is 10.0 Å². The number of nitrogens with zero attached hydrogens (tertiary/aromatic N) is 4. The second-order valence-corrected chi connectivity index (χ2v) is 6.89. The third-order valence-corrected chi connectivity index (χ3v) is 5.04. The monoisotopic (exact) mass is 384 g/mol. The third-order valence-electron chi connectivity index (χ3n) is 4.76. The number of likely N-dealkylation sites (tertiary alicyclic amines) is 1. The predicted molar refractivity (Wildman–Crippen MR) is 100 cm³/mol. The largest absolute Gasteiger partial charge is 0.476 e. The second-order valence-electron chi connectivity index (χ2n) is 6.48. The number of carboxylic acids is 1. The average molecular weight is 385 g/mol. The molecule has 8 heteroatoms. The first-order chi connectivity index (χ1) is 13.1. The fraction of sp³-hybridized carbons (Fsp3) is 0.263. The Morgan fingerprint density at radius 1 is 1.11 bits per heavy atom. The molecule has 1 aliphatic rings. The fourth-order valence-electron chi connectivity index (χ4n) is 3.40. The number of aromatic carboxylic acids is 1. The Bertz CT molecular complexity index is 1040. The molecule has 138 valence electrons. The number of piperidine rings is 1. The molecule has 27 heavy (non-hydrogen) atoms. The van der Waals surface area contributed by atoms with Gasteiger partial charge >= 0.3 is 5.97 Å². The maximum atomic E-state index is 12.9. The molecule has 4 heterocycles. The summed E-state index contributed by atoms with van der Waals surface area (Å²) in [7, 11) is 0. The van der Waals surface area contributed by atoms with E-state index < -0.39 is 5.97 Å².